The summed E-state index contributed by atoms with van der Waals surface area (Å²) in [5.74, 6) is -0.459. The molecule has 3 nitrogen and oxygen atoms in total. The lowest BCUT2D eigenvalue weighted by Crippen LogP contribution is -2.41. The van der Waals surface area contributed by atoms with Gasteiger partial charge in [-0.25, -0.2) is 0 Å². The number of halogens is 3. The van der Waals surface area contributed by atoms with E-state index >= 15 is 0 Å². The summed E-state index contributed by atoms with van der Waals surface area (Å²) in [4.78, 5) is 13.8. The van der Waals surface area contributed by atoms with Gasteiger partial charge in [0.25, 0.3) is 5.91 Å². The molecule has 0 aliphatic rings. The molecule has 0 aliphatic carbocycles. The van der Waals surface area contributed by atoms with Gasteiger partial charge < -0.3 is 9.64 Å². The molecule has 0 aliphatic heterocycles. The minimum atomic E-state index is -4.43. The van der Waals surface area contributed by atoms with Gasteiger partial charge in [0.1, 0.15) is 12.7 Å². The van der Waals surface area contributed by atoms with E-state index in [9.17, 15) is 18.0 Å². The van der Waals surface area contributed by atoms with Crippen molar-refractivity contribution in [1.82, 2.24) is 0 Å². The fourth-order valence-electron chi connectivity index (χ4n) is 1.80. The van der Waals surface area contributed by atoms with Crippen LogP contribution in [-0.2, 0) is 9.53 Å². The van der Waals surface area contributed by atoms with E-state index in [1.165, 1.54) is 11.8 Å². The Morgan fingerprint density at radius 2 is 1.90 bits per heavy atom. The van der Waals surface area contributed by atoms with E-state index in [0.29, 0.717) is 12.2 Å². The molecule has 0 N–H and O–H groups in total. The number of hydrogen-bond donors (Lipinski definition) is 0. The highest BCUT2D eigenvalue weighted by Gasteiger charge is 2.31. The second-order valence-corrected chi connectivity index (χ2v) is 4.75. The summed E-state index contributed by atoms with van der Waals surface area (Å²) in [6.07, 6.45) is -3.92. The molecule has 118 valence electrons. The molecule has 1 rings (SSSR count). The molecule has 0 spiro atoms. The Hall–Kier alpha value is -1.56. The first-order valence-corrected chi connectivity index (χ1v) is 6.90. The van der Waals surface area contributed by atoms with Gasteiger partial charge in [0.05, 0.1) is 0 Å². The van der Waals surface area contributed by atoms with Crippen LogP contribution in [0.15, 0.2) is 30.3 Å². The number of carbonyl (C=O) groups is 1. The molecule has 0 fully saturated rings. The third-order valence-electron chi connectivity index (χ3n) is 2.91. The topological polar surface area (TPSA) is 29.5 Å². The van der Waals surface area contributed by atoms with Gasteiger partial charge in [0.15, 0.2) is 0 Å². The predicted molar refractivity (Wildman–Crippen MR) is 75.2 cm³/mol. The van der Waals surface area contributed by atoms with Crippen molar-refractivity contribution in [2.45, 2.75) is 39.0 Å². The largest absolute Gasteiger partial charge is 0.411 e. The van der Waals surface area contributed by atoms with E-state index in [2.05, 4.69) is 4.74 Å². The molecule has 0 saturated carbocycles. The minimum absolute atomic E-state index is 0.457. The van der Waals surface area contributed by atoms with E-state index in [1.807, 2.05) is 13.0 Å². The highest BCUT2D eigenvalue weighted by atomic mass is 19.4. The Labute approximate surface area is 122 Å². The Kier molecular flexibility index (Phi) is 6.68. The third kappa shape index (κ3) is 6.16. The van der Waals surface area contributed by atoms with Gasteiger partial charge in [-0.05, 0) is 25.5 Å². The number of carbonyl (C=O) groups excluding carboxylic acids is 1. The summed E-state index contributed by atoms with van der Waals surface area (Å²) in [6.45, 7) is 2.36. The molecular formula is C15H20F3NO2. The van der Waals surface area contributed by atoms with Crippen molar-refractivity contribution in [2.24, 2.45) is 0 Å². The first-order chi connectivity index (χ1) is 9.85. The molecular weight excluding hydrogens is 283 g/mol. The van der Waals surface area contributed by atoms with Gasteiger partial charge in [-0.15, -0.1) is 0 Å². The van der Waals surface area contributed by atoms with Crippen LogP contribution in [0.25, 0.3) is 0 Å². The fourth-order valence-corrected chi connectivity index (χ4v) is 1.80. The Bertz CT molecular complexity index is 434. The van der Waals surface area contributed by atoms with Crippen molar-refractivity contribution < 1.29 is 22.7 Å². The molecule has 21 heavy (non-hydrogen) atoms. The molecule has 1 unspecified atom stereocenters. The van der Waals surface area contributed by atoms with Crippen molar-refractivity contribution in [3.05, 3.63) is 30.3 Å². The minimum Gasteiger partial charge on any atom is -0.359 e. The van der Waals surface area contributed by atoms with Gasteiger partial charge in [-0.1, -0.05) is 31.5 Å². The number of hydrogen-bond acceptors (Lipinski definition) is 2. The molecule has 0 aromatic heterocycles. The van der Waals surface area contributed by atoms with E-state index in [1.54, 1.807) is 24.3 Å². The number of rotatable bonds is 7. The summed E-state index contributed by atoms with van der Waals surface area (Å²) in [5, 5.41) is 0. The monoisotopic (exact) mass is 303 g/mol. The van der Waals surface area contributed by atoms with Crippen LogP contribution >= 0.6 is 0 Å². The highest BCUT2D eigenvalue weighted by molar-refractivity contribution is 5.96. The van der Waals surface area contributed by atoms with E-state index in [-0.39, 0.29) is 0 Å². The first kappa shape index (κ1) is 17.5. The van der Waals surface area contributed by atoms with Crippen LogP contribution in [0.2, 0.25) is 0 Å². The zero-order valence-corrected chi connectivity index (χ0v) is 12.2. The quantitative estimate of drug-likeness (QED) is 0.767. The summed E-state index contributed by atoms with van der Waals surface area (Å²) < 4.78 is 41.1. The Morgan fingerprint density at radius 3 is 2.43 bits per heavy atom. The van der Waals surface area contributed by atoms with Crippen LogP contribution in [0.5, 0.6) is 0 Å². The lowest BCUT2D eigenvalue weighted by molar-refractivity contribution is -0.185. The number of nitrogens with zero attached hydrogens (tertiary/aromatic N) is 1. The van der Waals surface area contributed by atoms with Crippen LogP contribution in [0.3, 0.4) is 0 Å². The van der Waals surface area contributed by atoms with E-state index in [4.69, 9.17) is 0 Å². The maximum atomic E-state index is 12.3. The summed E-state index contributed by atoms with van der Waals surface area (Å²) in [6, 6.07) is 8.88. The number of ether oxygens (including phenoxy) is 1. The second-order valence-electron chi connectivity index (χ2n) is 4.75. The van der Waals surface area contributed by atoms with Crippen LogP contribution in [-0.4, -0.2) is 31.3 Å². The number of benzene rings is 1. The van der Waals surface area contributed by atoms with Gasteiger partial charge in [0.2, 0.25) is 0 Å². The molecule has 0 bridgehead atoms. The number of alkyl halides is 3. The maximum Gasteiger partial charge on any atom is 0.411 e. The van der Waals surface area contributed by atoms with Crippen molar-refractivity contribution in [1.29, 1.82) is 0 Å². The molecule has 0 saturated heterocycles. The summed E-state index contributed by atoms with van der Waals surface area (Å²) in [5.41, 5.74) is 0.665. The highest BCUT2D eigenvalue weighted by Crippen LogP contribution is 2.19. The standard InChI is InChI=1S/C15H20F3NO2/c1-3-4-10-19(13-8-6-5-7-9-13)14(20)12(2)21-11-15(16,17)18/h5-9,12H,3-4,10-11H2,1-2H3. The van der Waals surface area contributed by atoms with E-state index < -0.39 is 24.8 Å². The fraction of sp³-hybridized carbons (Fsp3) is 0.533. The van der Waals surface area contributed by atoms with Gasteiger partial charge in [-0.3, -0.25) is 4.79 Å². The molecule has 1 aromatic carbocycles. The lowest BCUT2D eigenvalue weighted by Gasteiger charge is -2.26. The zero-order valence-electron chi connectivity index (χ0n) is 12.2. The molecule has 6 heteroatoms. The summed E-state index contributed by atoms with van der Waals surface area (Å²) >= 11 is 0. The normalized spacial score (nSPS) is 13.0. The second kappa shape index (κ2) is 8.02. The van der Waals surface area contributed by atoms with Crippen LogP contribution in [0.1, 0.15) is 26.7 Å². The van der Waals surface area contributed by atoms with Crippen LogP contribution in [0, 0.1) is 0 Å². The predicted octanol–water partition coefficient (Wildman–Crippen LogP) is 3.79. The SMILES string of the molecule is CCCCN(C(=O)C(C)OCC(F)(F)F)c1ccccc1. The van der Waals surface area contributed by atoms with Crippen LogP contribution < -0.4 is 4.90 Å². The molecule has 0 heterocycles. The number of para-hydroxylation sites is 1. The number of anilines is 1. The van der Waals surface area contributed by atoms with Crippen molar-refractivity contribution in [3.8, 4) is 0 Å². The smallest absolute Gasteiger partial charge is 0.359 e. The van der Waals surface area contributed by atoms with Crippen molar-refractivity contribution in [2.75, 3.05) is 18.1 Å². The average molecular weight is 303 g/mol. The molecule has 1 aromatic rings. The van der Waals surface area contributed by atoms with Gasteiger partial charge >= 0.3 is 6.18 Å². The Morgan fingerprint density at radius 1 is 1.29 bits per heavy atom. The zero-order chi connectivity index (χ0) is 15.9. The molecule has 1 atom stereocenters. The van der Waals surface area contributed by atoms with Crippen molar-refractivity contribution >= 4 is 11.6 Å². The van der Waals surface area contributed by atoms with Crippen LogP contribution in [0.4, 0.5) is 18.9 Å². The number of amides is 1. The maximum absolute atomic E-state index is 12.3. The number of unbranched alkanes of at least 4 members (excludes halogenated alkanes) is 1. The van der Waals surface area contributed by atoms with Crippen molar-refractivity contribution in [3.63, 3.8) is 0 Å². The lowest BCUT2D eigenvalue weighted by atomic mass is 10.2. The third-order valence-corrected chi connectivity index (χ3v) is 2.91. The first-order valence-electron chi connectivity index (χ1n) is 6.90. The average Bonchev–Trinajstić information content (AvgIpc) is 2.45. The van der Waals surface area contributed by atoms with Gasteiger partial charge in [0, 0.05) is 12.2 Å². The molecule has 1 amide bonds. The van der Waals surface area contributed by atoms with E-state index in [0.717, 1.165) is 12.8 Å². The van der Waals surface area contributed by atoms with Gasteiger partial charge in [-0.2, -0.15) is 13.2 Å². The summed E-state index contributed by atoms with van der Waals surface area (Å²) in [7, 11) is 0. The Balaban J connectivity index is 2.76. The molecule has 0 radical (unpaired) electrons.